The van der Waals surface area contributed by atoms with Gasteiger partial charge < -0.3 is 14.6 Å². The van der Waals surface area contributed by atoms with Gasteiger partial charge in [0.2, 0.25) is 0 Å². The summed E-state index contributed by atoms with van der Waals surface area (Å²) in [6.07, 6.45) is 0. The molecule has 0 aromatic heterocycles. The lowest BCUT2D eigenvalue weighted by atomic mass is 9.94. The zero-order chi connectivity index (χ0) is 17.3. The van der Waals surface area contributed by atoms with Crippen LogP contribution in [-0.4, -0.2) is 25.3 Å². The van der Waals surface area contributed by atoms with E-state index in [9.17, 15) is 9.90 Å². The van der Waals surface area contributed by atoms with Crippen LogP contribution in [0.4, 0.5) is 0 Å². The molecule has 0 fully saturated rings. The third kappa shape index (κ3) is 2.78. The van der Waals surface area contributed by atoms with Crippen molar-refractivity contribution in [1.29, 1.82) is 0 Å². The first-order valence-corrected chi connectivity index (χ1v) is 7.53. The maximum Gasteiger partial charge on any atom is 0.335 e. The van der Waals surface area contributed by atoms with Gasteiger partial charge in [0.15, 0.2) is 11.5 Å². The summed E-state index contributed by atoms with van der Waals surface area (Å²) in [4.78, 5) is 11.5. The van der Waals surface area contributed by atoms with Crippen LogP contribution in [0.1, 0.15) is 15.9 Å². The first-order valence-electron chi connectivity index (χ1n) is 7.53. The first kappa shape index (κ1) is 15.9. The van der Waals surface area contributed by atoms with Crippen molar-refractivity contribution in [3.05, 3.63) is 59.7 Å². The van der Waals surface area contributed by atoms with E-state index in [1.165, 1.54) is 0 Å². The predicted octanol–water partition coefficient (Wildman–Crippen LogP) is 4.53. The van der Waals surface area contributed by atoms with E-state index >= 15 is 0 Å². The maximum absolute atomic E-state index is 11.5. The molecule has 4 nitrogen and oxygen atoms in total. The van der Waals surface area contributed by atoms with Crippen LogP contribution in [0.3, 0.4) is 0 Å². The van der Waals surface area contributed by atoms with Crippen LogP contribution in [0, 0.1) is 6.92 Å². The third-order valence-electron chi connectivity index (χ3n) is 4.07. The monoisotopic (exact) mass is 322 g/mol. The normalized spacial score (nSPS) is 10.6. The van der Waals surface area contributed by atoms with Gasteiger partial charge in [-0.3, -0.25) is 0 Å². The third-order valence-corrected chi connectivity index (χ3v) is 4.07. The average molecular weight is 322 g/mol. The van der Waals surface area contributed by atoms with Crippen molar-refractivity contribution in [3.8, 4) is 22.6 Å². The zero-order valence-electron chi connectivity index (χ0n) is 13.8. The predicted molar refractivity (Wildman–Crippen MR) is 94.2 cm³/mol. The number of benzene rings is 3. The Kier molecular flexibility index (Phi) is 4.13. The number of carbonyl (C=O) groups is 1. The smallest absolute Gasteiger partial charge is 0.335 e. The Morgan fingerprint density at radius 1 is 0.917 bits per heavy atom. The molecular formula is C20H18O4. The van der Waals surface area contributed by atoms with Crippen LogP contribution in [-0.2, 0) is 0 Å². The van der Waals surface area contributed by atoms with Crippen LogP contribution in [0.5, 0.6) is 11.5 Å². The Hall–Kier alpha value is -3.01. The average Bonchev–Trinajstić information content (AvgIpc) is 2.60. The zero-order valence-corrected chi connectivity index (χ0v) is 13.8. The highest BCUT2D eigenvalue weighted by Gasteiger charge is 2.14. The van der Waals surface area contributed by atoms with E-state index in [0.29, 0.717) is 11.5 Å². The highest BCUT2D eigenvalue weighted by atomic mass is 16.5. The molecule has 0 unspecified atom stereocenters. The molecule has 0 aliphatic carbocycles. The quantitative estimate of drug-likeness (QED) is 0.766. The lowest BCUT2D eigenvalue weighted by molar-refractivity contribution is 0.0697. The first-order chi connectivity index (χ1) is 11.5. The summed E-state index contributed by atoms with van der Waals surface area (Å²) in [5, 5.41) is 11.1. The Bertz CT molecular complexity index is 911. The second kappa shape index (κ2) is 6.24. The molecule has 0 aliphatic heterocycles. The second-order valence-corrected chi connectivity index (χ2v) is 5.62. The molecule has 4 heteroatoms. The highest BCUT2D eigenvalue weighted by molar-refractivity contribution is 6.03. The van der Waals surface area contributed by atoms with Gasteiger partial charge in [0.25, 0.3) is 0 Å². The van der Waals surface area contributed by atoms with Crippen molar-refractivity contribution < 1.29 is 19.4 Å². The standard InChI is InChI=1S/C20H18O4/c1-12-4-6-13(7-5-12)16-9-15(20(21)22)8-14-10-18(23-2)19(24-3)11-17(14)16/h4-11H,1-3H3,(H,21,22). The van der Waals surface area contributed by atoms with Crippen molar-refractivity contribution >= 4 is 16.7 Å². The van der Waals surface area contributed by atoms with Crippen LogP contribution >= 0.6 is 0 Å². The molecule has 0 aliphatic rings. The lowest BCUT2D eigenvalue weighted by Gasteiger charge is -2.13. The fraction of sp³-hybridized carbons (Fsp3) is 0.150. The Morgan fingerprint density at radius 2 is 1.54 bits per heavy atom. The number of fused-ring (bicyclic) bond motifs is 1. The molecule has 3 rings (SSSR count). The number of rotatable bonds is 4. The molecule has 122 valence electrons. The molecule has 0 heterocycles. The molecule has 0 amide bonds. The van der Waals surface area contributed by atoms with Gasteiger partial charge in [-0.2, -0.15) is 0 Å². The van der Waals surface area contributed by atoms with Gasteiger partial charge in [-0.1, -0.05) is 29.8 Å². The number of aryl methyl sites for hydroxylation is 1. The molecule has 0 atom stereocenters. The summed E-state index contributed by atoms with van der Waals surface area (Å²) in [5.74, 6) is 0.226. The number of methoxy groups -OCH3 is 2. The minimum absolute atomic E-state index is 0.241. The molecule has 24 heavy (non-hydrogen) atoms. The van der Waals surface area contributed by atoms with Crippen LogP contribution < -0.4 is 9.47 Å². The second-order valence-electron chi connectivity index (χ2n) is 5.62. The molecule has 0 saturated carbocycles. The number of hydrogen-bond acceptors (Lipinski definition) is 3. The van der Waals surface area contributed by atoms with E-state index in [-0.39, 0.29) is 5.56 Å². The molecule has 1 N–H and O–H groups in total. The van der Waals surface area contributed by atoms with Crippen LogP contribution in [0.15, 0.2) is 48.5 Å². The van der Waals surface area contributed by atoms with Crippen molar-refractivity contribution in [1.82, 2.24) is 0 Å². The molecular weight excluding hydrogens is 304 g/mol. The lowest BCUT2D eigenvalue weighted by Crippen LogP contribution is -1.98. The molecule has 3 aromatic carbocycles. The van der Waals surface area contributed by atoms with Crippen molar-refractivity contribution in [2.45, 2.75) is 6.92 Å². The van der Waals surface area contributed by atoms with E-state index in [2.05, 4.69) is 0 Å². The topological polar surface area (TPSA) is 55.8 Å². The van der Waals surface area contributed by atoms with Gasteiger partial charge in [0, 0.05) is 0 Å². The molecule has 0 saturated heterocycles. The van der Waals surface area contributed by atoms with Gasteiger partial charge in [-0.25, -0.2) is 4.79 Å². The number of carboxylic acid groups (broad SMARTS) is 1. The Labute approximate surface area is 140 Å². The van der Waals surface area contributed by atoms with Gasteiger partial charge in [-0.05, 0) is 53.1 Å². The fourth-order valence-electron chi connectivity index (χ4n) is 2.79. The van der Waals surface area contributed by atoms with E-state index in [4.69, 9.17) is 9.47 Å². The van der Waals surface area contributed by atoms with Gasteiger partial charge in [0.05, 0.1) is 19.8 Å². The maximum atomic E-state index is 11.5. The minimum Gasteiger partial charge on any atom is -0.493 e. The molecule has 0 bridgehead atoms. The van der Waals surface area contributed by atoms with E-state index < -0.39 is 5.97 Å². The number of carboxylic acids is 1. The summed E-state index contributed by atoms with van der Waals surface area (Å²) < 4.78 is 10.7. The Balaban J connectivity index is 2.36. The number of aromatic carboxylic acids is 1. The van der Waals surface area contributed by atoms with Crippen molar-refractivity contribution in [2.24, 2.45) is 0 Å². The minimum atomic E-state index is -0.958. The fourth-order valence-corrected chi connectivity index (χ4v) is 2.79. The van der Waals surface area contributed by atoms with Gasteiger partial charge in [0.1, 0.15) is 0 Å². The largest absolute Gasteiger partial charge is 0.493 e. The van der Waals surface area contributed by atoms with Crippen LogP contribution in [0.25, 0.3) is 21.9 Å². The summed E-state index contributed by atoms with van der Waals surface area (Å²) in [5.41, 5.74) is 3.20. The Morgan fingerprint density at radius 3 is 2.12 bits per heavy atom. The van der Waals surface area contributed by atoms with Gasteiger partial charge in [-0.15, -0.1) is 0 Å². The van der Waals surface area contributed by atoms with E-state index in [0.717, 1.165) is 27.5 Å². The number of hydrogen-bond donors (Lipinski definition) is 1. The molecule has 0 spiro atoms. The van der Waals surface area contributed by atoms with Crippen LogP contribution in [0.2, 0.25) is 0 Å². The SMILES string of the molecule is COc1cc2cc(C(=O)O)cc(-c3ccc(C)cc3)c2cc1OC. The molecule has 3 aromatic rings. The van der Waals surface area contributed by atoms with E-state index in [1.54, 1.807) is 32.4 Å². The molecule has 0 radical (unpaired) electrons. The van der Waals surface area contributed by atoms with Gasteiger partial charge >= 0.3 is 5.97 Å². The summed E-state index contributed by atoms with van der Waals surface area (Å²) in [7, 11) is 3.15. The highest BCUT2D eigenvalue weighted by Crippen LogP contribution is 2.38. The van der Waals surface area contributed by atoms with Crippen molar-refractivity contribution in [2.75, 3.05) is 14.2 Å². The summed E-state index contributed by atoms with van der Waals surface area (Å²) >= 11 is 0. The summed E-state index contributed by atoms with van der Waals surface area (Å²) in [6.45, 7) is 2.02. The van der Waals surface area contributed by atoms with Crippen molar-refractivity contribution in [3.63, 3.8) is 0 Å². The number of ether oxygens (including phenoxy) is 2. The summed E-state index contributed by atoms with van der Waals surface area (Å²) in [6, 6.07) is 15.0. The van der Waals surface area contributed by atoms with E-state index in [1.807, 2.05) is 37.3 Å².